The molecule has 23 heavy (non-hydrogen) atoms. The van der Waals surface area contributed by atoms with Crippen LogP contribution < -0.4 is 14.8 Å². The number of benzene rings is 1. The lowest BCUT2D eigenvalue weighted by atomic mass is 9.78. The van der Waals surface area contributed by atoms with Crippen molar-refractivity contribution in [3.8, 4) is 11.5 Å². The Hall–Kier alpha value is -1.46. The summed E-state index contributed by atoms with van der Waals surface area (Å²) in [6.07, 6.45) is 3.44. The van der Waals surface area contributed by atoms with E-state index in [2.05, 4.69) is 5.32 Å². The average Bonchev–Trinajstić information content (AvgIpc) is 3.01. The summed E-state index contributed by atoms with van der Waals surface area (Å²) in [5.41, 5.74) is 0.431. The third kappa shape index (κ3) is 4.09. The molecule has 2 saturated heterocycles. The van der Waals surface area contributed by atoms with Gasteiger partial charge in [0.25, 0.3) is 5.91 Å². The normalized spacial score (nSPS) is 19.3. The van der Waals surface area contributed by atoms with E-state index in [0.29, 0.717) is 16.9 Å². The van der Waals surface area contributed by atoms with Gasteiger partial charge >= 0.3 is 0 Å². The second-order valence-corrected chi connectivity index (χ2v) is 6.25. The Labute approximate surface area is 143 Å². The van der Waals surface area contributed by atoms with Gasteiger partial charge in [-0.25, -0.2) is 0 Å². The molecule has 0 aromatic heterocycles. The van der Waals surface area contributed by atoms with E-state index in [1.807, 2.05) is 29.2 Å². The first-order valence-electron chi connectivity index (χ1n) is 7.97. The number of hydrogen-bond donors (Lipinski definition) is 1. The van der Waals surface area contributed by atoms with Crippen molar-refractivity contribution >= 4 is 18.3 Å². The first-order chi connectivity index (χ1) is 10.7. The van der Waals surface area contributed by atoms with Crippen LogP contribution in [0.5, 0.6) is 11.5 Å². The highest BCUT2D eigenvalue weighted by Crippen LogP contribution is 2.36. The van der Waals surface area contributed by atoms with Crippen LogP contribution in [0.2, 0.25) is 0 Å². The van der Waals surface area contributed by atoms with Crippen LogP contribution in [0, 0.1) is 5.41 Å². The average molecular weight is 341 g/mol. The van der Waals surface area contributed by atoms with E-state index < -0.39 is 0 Å². The molecule has 1 aromatic carbocycles. The van der Waals surface area contributed by atoms with Gasteiger partial charge in [-0.15, -0.1) is 12.4 Å². The monoisotopic (exact) mass is 340 g/mol. The molecule has 2 aliphatic rings. The zero-order chi connectivity index (χ0) is 15.4. The number of halogens is 1. The van der Waals surface area contributed by atoms with Gasteiger partial charge in [-0.2, -0.15) is 0 Å². The lowest BCUT2D eigenvalue weighted by Crippen LogP contribution is -2.45. The van der Waals surface area contributed by atoms with E-state index in [4.69, 9.17) is 9.47 Å². The van der Waals surface area contributed by atoms with Gasteiger partial charge in [0.1, 0.15) is 0 Å². The number of ether oxygens (including phenoxy) is 2. The van der Waals surface area contributed by atoms with Crippen molar-refractivity contribution in [1.29, 1.82) is 0 Å². The molecule has 2 aliphatic heterocycles. The zero-order valence-electron chi connectivity index (χ0n) is 13.5. The van der Waals surface area contributed by atoms with Crippen molar-refractivity contribution in [1.82, 2.24) is 10.2 Å². The zero-order valence-corrected chi connectivity index (χ0v) is 14.4. The number of rotatable bonds is 4. The number of carbonyl (C=O) groups excluding carboxylic acids is 1. The lowest BCUT2D eigenvalue weighted by Gasteiger charge is -2.38. The van der Waals surface area contributed by atoms with E-state index in [1.165, 1.54) is 6.42 Å². The highest BCUT2D eigenvalue weighted by Gasteiger charge is 2.38. The SMILES string of the molecule is COc1ccccc1OCC(=O)N1CCC2(CCNC2)CC1.Cl. The molecule has 5 nitrogen and oxygen atoms in total. The standard InChI is InChI=1S/C17H24N2O3.ClH/c1-21-14-4-2-3-5-15(14)22-12-16(20)19-10-7-17(8-11-19)6-9-18-13-17;/h2-5,18H,6-13H2,1H3;1H. The Balaban J connectivity index is 0.00000192. The van der Waals surface area contributed by atoms with Gasteiger partial charge in [-0.3, -0.25) is 4.79 Å². The Bertz CT molecular complexity index is 522. The first-order valence-corrected chi connectivity index (χ1v) is 7.97. The van der Waals surface area contributed by atoms with Crippen molar-refractivity contribution in [2.24, 2.45) is 5.41 Å². The maximum absolute atomic E-state index is 12.3. The maximum Gasteiger partial charge on any atom is 0.260 e. The highest BCUT2D eigenvalue weighted by atomic mass is 35.5. The van der Waals surface area contributed by atoms with Gasteiger partial charge < -0.3 is 19.7 Å². The quantitative estimate of drug-likeness (QED) is 0.912. The molecule has 128 valence electrons. The van der Waals surface area contributed by atoms with Gasteiger partial charge in [-0.1, -0.05) is 12.1 Å². The molecule has 6 heteroatoms. The number of methoxy groups -OCH3 is 1. The van der Waals surface area contributed by atoms with Crippen LogP contribution in [0.15, 0.2) is 24.3 Å². The van der Waals surface area contributed by atoms with Crippen LogP contribution in [0.4, 0.5) is 0 Å². The van der Waals surface area contributed by atoms with Crippen LogP contribution in [-0.2, 0) is 4.79 Å². The molecule has 0 unspecified atom stereocenters. The molecule has 0 atom stereocenters. The molecule has 3 rings (SSSR count). The summed E-state index contributed by atoms with van der Waals surface area (Å²) in [4.78, 5) is 14.2. The lowest BCUT2D eigenvalue weighted by molar-refractivity contribution is -0.135. The fraction of sp³-hybridized carbons (Fsp3) is 0.588. The van der Waals surface area contributed by atoms with E-state index in [9.17, 15) is 4.79 Å². The third-order valence-corrected chi connectivity index (χ3v) is 4.93. The molecule has 1 spiro atoms. The van der Waals surface area contributed by atoms with Crippen molar-refractivity contribution in [2.75, 3.05) is 39.9 Å². The Morgan fingerprint density at radius 2 is 1.91 bits per heavy atom. The number of nitrogens with zero attached hydrogens (tertiary/aromatic N) is 1. The minimum atomic E-state index is 0. The van der Waals surface area contributed by atoms with Gasteiger partial charge in [0.2, 0.25) is 0 Å². The molecule has 1 amide bonds. The van der Waals surface area contributed by atoms with Crippen LogP contribution in [-0.4, -0.2) is 50.7 Å². The fourth-order valence-corrected chi connectivity index (χ4v) is 3.42. The molecule has 0 bridgehead atoms. The number of piperidine rings is 1. The summed E-state index contributed by atoms with van der Waals surface area (Å²) in [5, 5.41) is 3.44. The van der Waals surface area contributed by atoms with Gasteiger partial charge in [0, 0.05) is 19.6 Å². The molecule has 2 heterocycles. The topological polar surface area (TPSA) is 50.8 Å². The van der Waals surface area contributed by atoms with Crippen LogP contribution >= 0.6 is 12.4 Å². The number of para-hydroxylation sites is 2. The predicted octanol–water partition coefficient (Wildman–Crippen LogP) is 2.10. The second kappa shape index (κ2) is 7.88. The summed E-state index contributed by atoms with van der Waals surface area (Å²) in [6.45, 7) is 3.98. The van der Waals surface area contributed by atoms with E-state index >= 15 is 0 Å². The minimum absolute atomic E-state index is 0. The number of likely N-dealkylation sites (tertiary alicyclic amines) is 1. The van der Waals surface area contributed by atoms with Gasteiger partial charge in [0.05, 0.1) is 7.11 Å². The van der Waals surface area contributed by atoms with E-state index in [0.717, 1.165) is 39.0 Å². The summed E-state index contributed by atoms with van der Waals surface area (Å²) < 4.78 is 10.9. The molecule has 1 N–H and O–H groups in total. The molecular weight excluding hydrogens is 316 g/mol. The van der Waals surface area contributed by atoms with Crippen molar-refractivity contribution < 1.29 is 14.3 Å². The molecule has 0 radical (unpaired) electrons. The Kier molecular flexibility index (Phi) is 6.13. The Morgan fingerprint density at radius 1 is 1.22 bits per heavy atom. The first kappa shape index (κ1) is 17.9. The molecule has 0 saturated carbocycles. The van der Waals surface area contributed by atoms with Crippen LogP contribution in [0.25, 0.3) is 0 Å². The van der Waals surface area contributed by atoms with E-state index in [-0.39, 0.29) is 24.9 Å². The van der Waals surface area contributed by atoms with Crippen molar-refractivity contribution in [3.05, 3.63) is 24.3 Å². The van der Waals surface area contributed by atoms with Crippen LogP contribution in [0.3, 0.4) is 0 Å². The largest absolute Gasteiger partial charge is 0.493 e. The highest BCUT2D eigenvalue weighted by molar-refractivity contribution is 5.85. The van der Waals surface area contributed by atoms with Crippen LogP contribution in [0.1, 0.15) is 19.3 Å². The Morgan fingerprint density at radius 3 is 2.52 bits per heavy atom. The molecule has 0 aliphatic carbocycles. The van der Waals surface area contributed by atoms with Gasteiger partial charge in [-0.05, 0) is 43.4 Å². The van der Waals surface area contributed by atoms with Gasteiger partial charge in [0.15, 0.2) is 18.1 Å². The van der Waals surface area contributed by atoms with Crippen molar-refractivity contribution in [2.45, 2.75) is 19.3 Å². The summed E-state index contributed by atoms with van der Waals surface area (Å²) in [6, 6.07) is 7.41. The molecule has 2 fully saturated rings. The number of carbonyl (C=O) groups is 1. The second-order valence-electron chi connectivity index (χ2n) is 6.25. The summed E-state index contributed by atoms with van der Waals surface area (Å²) in [5.74, 6) is 1.34. The van der Waals surface area contributed by atoms with E-state index in [1.54, 1.807) is 7.11 Å². The number of hydrogen-bond acceptors (Lipinski definition) is 4. The molecule has 1 aromatic rings. The minimum Gasteiger partial charge on any atom is -0.493 e. The predicted molar refractivity (Wildman–Crippen MR) is 91.5 cm³/mol. The third-order valence-electron chi connectivity index (χ3n) is 4.93. The maximum atomic E-state index is 12.3. The number of amides is 1. The summed E-state index contributed by atoms with van der Waals surface area (Å²) in [7, 11) is 1.60. The summed E-state index contributed by atoms with van der Waals surface area (Å²) >= 11 is 0. The molecular formula is C17H25ClN2O3. The number of nitrogens with one attached hydrogen (secondary N) is 1. The van der Waals surface area contributed by atoms with Crippen molar-refractivity contribution in [3.63, 3.8) is 0 Å². The fourth-order valence-electron chi connectivity index (χ4n) is 3.42. The smallest absolute Gasteiger partial charge is 0.260 e.